The van der Waals surface area contributed by atoms with Crippen LogP contribution < -0.4 is 11.1 Å². The van der Waals surface area contributed by atoms with Crippen molar-refractivity contribution in [2.45, 2.75) is 19.4 Å². The first kappa shape index (κ1) is 10.7. The predicted octanol–water partition coefficient (Wildman–Crippen LogP) is 1.99. The van der Waals surface area contributed by atoms with Crippen molar-refractivity contribution in [3.63, 3.8) is 0 Å². The van der Waals surface area contributed by atoms with Gasteiger partial charge < -0.3 is 11.1 Å². The second-order valence-electron chi connectivity index (χ2n) is 3.19. The third kappa shape index (κ3) is 2.53. The molecule has 1 aromatic heterocycles. The second kappa shape index (κ2) is 5.37. The molecule has 0 aliphatic rings. The number of nitrogens with one attached hydrogen (secondary N) is 1. The van der Waals surface area contributed by atoms with Crippen molar-refractivity contribution in [3.8, 4) is 0 Å². The van der Waals surface area contributed by atoms with E-state index in [1.807, 2.05) is 7.05 Å². The summed E-state index contributed by atoms with van der Waals surface area (Å²) in [5.41, 5.74) is 5.73. The third-order valence-corrected chi connectivity index (χ3v) is 3.41. The Morgan fingerprint density at radius 2 is 2.38 bits per heavy atom. The lowest BCUT2D eigenvalue weighted by molar-refractivity contribution is 0.383. The van der Waals surface area contributed by atoms with E-state index in [4.69, 9.17) is 5.73 Å². The van der Waals surface area contributed by atoms with E-state index in [9.17, 15) is 0 Å². The molecule has 1 aromatic rings. The summed E-state index contributed by atoms with van der Waals surface area (Å²) in [5.74, 6) is 0.545. The minimum Gasteiger partial charge on any atom is -0.330 e. The van der Waals surface area contributed by atoms with Crippen molar-refractivity contribution in [1.29, 1.82) is 0 Å². The molecule has 1 heterocycles. The Morgan fingerprint density at radius 1 is 1.62 bits per heavy atom. The molecule has 3 N–H and O–H groups in total. The molecule has 0 amide bonds. The van der Waals surface area contributed by atoms with Crippen LogP contribution in [0, 0.1) is 5.92 Å². The zero-order chi connectivity index (χ0) is 9.68. The van der Waals surface area contributed by atoms with Crippen LogP contribution in [0.5, 0.6) is 0 Å². The number of thiophene rings is 1. The van der Waals surface area contributed by atoms with Crippen molar-refractivity contribution in [3.05, 3.63) is 22.4 Å². The molecule has 0 bridgehead atoms. The number of hydrogen-bond acceptors (Lipinski definition) is 3. The van der Waals surface area contributed by atoms with Gasteiger partial charge in [0.05, 0.1) is 0 Å². The Labute approximate surface area is 84.2 Å². The van der Waals surface area contributed by atoms with Crippen molar-refractivity contribution in [2.24, 2.45) is 11.7 Å². The van der Waals surface area contributed by atoms with E-state index in [0.29, 0.717) is 12.0 Å². The van der Waals surface area contributed by atoms with Crippen molar-refractivity contribution in [1.82, 2.24) is 5.32 Å². The molecular formula is C10H18N2S. The van der Waals surface area contributed by atoms with Crippen LogP contribution in [0.2, 0.25) is 0 Å². The molecule has 0 aromatic carbocycles. The lowest BCUT2D eigenvalue weighted by Gasteiger charge is -2.23. The normalized spacial score (nSPS) is 15.6. The Morgan fingerprint density at radius 3 is 2.77 bits per heavy atom. The molecule has 0 aliphatic heterocycles. The van der Waals surface area contributed by atoms with Gasteiger partial charge in [-0.2, -0.15) is 0 Å². The largest absolute Gasteiger partial charge is 0.330 e. The lowest BCUT2D eigenvalue weighted by atomic mass is 9.96. The first-order chi connectivity index (χ1) is 6.33. The fourth-order valence-corrected chi connectivity index (χ4v) is 2.55. The summed E-state index contributed by atoms with van der Waals surface area (Å²) in [4.78, 5) is 1.39. The molecule has 0 saturated carbocycles. The Kier molecular flexibility index (Phi) is 4.42. The number of nitrogens with two attached hydrogens (primary N) is 1. The molecule has 2 nitrogen and oxygen atoms in total. The Bertz CT molecular complexity index is 217. The topological polar surface area (TPSA) is 38.0 Å². The summed E-state index contributed by atoms with van der Waals surface area (Å²) in [6.45, 7) is 2.94. The van der Waals surface area contributed by atoms with E-state index >= 15 is 0 Å². The molecule has 2 unspecified atom stereocenters. The van der Waals surface area contributed by atoms with Crippen molar-refractivity contribution in [2.75, 3.05) is 13.6 Å². The summed E-state index contributed by atoms with van der Waals surface area (Å²) in [6.07, 6.45) is 1.12. The van der Waals surface area contributed by atoms with Gasteiger partial charge in [-0.05, 0) is 31.0 Å². The molecule has 0 radical (unpaired) electrons. The van der Waals surface area contributed by atoms with Crippen LogP contribution in [0.4, 0.5) is 0 Å². The molecule has 74 valence electrons. The van der Waals surface area contributed by atoms with E-state index in [-0.39, 0.29) is 0 Å². The van der Waals surface area contributed by atoms with Gasteiger partial charge in [-0.3, -0.25) is 0 Å². The van der Waals surface area contributed by atoms with Crippen molar-refractivity contribution >= 4 is 11.3 Å². The maximum absolute atomic E-state index is 5.73. The van der Waals surface area contributed by atoms with E-state index in [1.54, 1.807) is 11.3 Å². The highest BCUT2D eigenvalue weighted by Gasteiger charge is 2.19. The average Bonchev–Trinajstić information content (AvgIpc) is 2.66. The van der Waals surface area contributed by atoms with Gasteiger partial charge in [-0.25, -0.2) is 0 Å². The van der Waals surface area contributed by atoms with Crippen molar-refractivity contribution < 1.29 is 0 Å². The summed E-state index contributed by atoms with van der Waals surface area (Å²) < 4.78 is 0. The smallest absolute Gasteiger partial charge is 0.0453 e. The Balaban J connectivity index is 2.72. The molecule has 0 aliphatic carbocycles. The highest BCUT2D eigenvalue weighted by Crippen LogP contribution is 2.26. The molecule has 0 spiro atoms. The molecule has 1 rings (SSSR count). The summed E-state index contributed by atoms with van der Waals surface area (Å²) >= 11 is 1.80. The first-order valence-corrected chi connectivity index (χ1v) is 5.62. The van der Waals surface area contributed by atoms with Crippen LogP contribution in [-0.2, 0) is 0 Å². The summed E-state index contributed by atoms with van der Waals surface area (Å²) in [7, 11) is 2.00. The zero-order valence-electron chi connectivity index (χ0n) is 8.29. The van der Waals surface area contributed by atoms with Crippen LogP contribution in [0.3, 0.4) is 0 Å². The predicted molar refractivity (Wildman–Crippen MR) is 59.0 cm³/mol. The lowest BCUT2D eigenvalue weighted by Crippen LogP contribution is -2.29. The van der Waals surface area contributed by atoms with Gasteiger partial charge in [-0.1, -0.05) is 19.4 Å². The average molecular weight is 198 g/mol. The third-order valence-electron chi connectivity index (χ3n) is 2.46. The highest BCUT2D eigenvalue weighted by atomic mass is 32.1. The summed E-state index contributed by atoms with van der Waals surface area (Å²) in [6, 6.07) is 4.69. The van der Waals surface area contributed by atoms with Crippen LogP contribution >= 0.6 is 11.3 Å². The maximum atomic E-state index is 5.73. The molecule has 0 fully saturated rings. The number of rotatable bonds is 5. The monoisotopic (exact) mass is 198 g/mol. The van der Waals surface area contributed by atoms with Gasteiger partial charge in [0.25, 0.3) is 0 Å². The van der Waals surface area contributed by atoms with E-state index in [1.165, 1.54) is 4.88 Å². The van der Waals surface area contributed by atoms with Crippen LogP contribution in [0.15, 0.2) is 17.5 Å². The minimum absolute atomic E-state index is 0.426. The maximum Gasteiger partial charge on any atom is 0.0453 e. The fraction of sp³-hybridized carbons (Fsp3) is 0.600. The zero-order valence-corrected chi connectivity index (χ0v) is 9.10. The van der Waals surface area contributed by atoms with Gasteiger partial charge in [0.15, 0.2) is 0 Å². The van der Waals surface area contributed by atoms with Gasteiger partial charge in [0.2, 0.25) is 0 Å². The van der Waals surface area contributed by atoms with Crippen LogP contribution in [0.1, 0.15) is 24.3 Å². The standard InChI is InChI=1S/C10H18N2S/c1-3-8(7-11)10(12-2)9-5-4-6-13-9/h4-6,8,10,12H,3,7,11H2,1-2H3. The van der Waals surface area contributed by atoms with Crippen LogP contribution in [0.25, 0.3) is 0 Å². The van der Waals surface area contributed by atoms with Gasteiger partial charge >= 0.3 is 0 Å². The summed E-state index contributed by atoms with van der Waals surface area (Å²) in [5, 5.41) is 5.45. The highest BCUT2D eigenvalue weighted by molar-refractivity contribution is 7.10. The fourth-order valence-electron chi connectivity index (χ4n) is 1.62. The van der Waals surface area contributed by atoms with E-state index < -0.39 is 0 Å². The quantitative estimate of drug-likeness (QED) is 0.759. The molecule has 13 heavy (non-hydrogen) atoms. The van der Waals surface area contributed by atoms with E-state index in [0.717, 1.165) is 13.0 Å². The molecule has 3 heteroatoms. The van der Waals surface area contributed by atoms with E-state index in [2.05, 4.69) is 29.8 Å². The Hall–Kier alpha value is -0.380. The van der Waals surface area contributed by atoms with Gasteiger partial charge in [-0.15, -0.1) is 11.3 Å². The molecular weight excluding hydrogens is 180 g/mol. The number of hydrogen-bond donors (Lipinski definition) is 2. The second-order valence-corrected chi connectivity index (χ2v) is 4.17. The van der Waals surface area contributed by atoms with Crippen LogP contribution in [-0.4, -0.2) is 13.6 Å². The van der Waals surface area contributed by atoms with Gasteiger partial charge in [0.1, 0.15) is 0 Å². The SMILES string of the molecule is CCC(CN)C(NC)c1cccs1. The minimum atomic E-state index is 0.426. The van der Waals surface area contributed by atoms with Gasteiger partial charge in [0, 0.05) is 10.9 Å². The first-order valence-electron chi connectivity index (χ1n) is 4.74. The molecule has 2 atom stereocenters. The molecule has 0 saturated heterocycles.